The van der Waals surface area contributed by atoms with Crippen LogP contribution in [0.1, 0.15) is 22.4 Å². The van der Waals surface area contributed by atoms with Crippen molar-refractivity contribution in [1.29, 1.82) is 0 Å². The van der Waals surface area contributed by atoms with Crippen LogP contribution in [0.5, 0.6) is 5.75 Å². The van der Waals surface area contributed by atoms with Gasteiger partial charge in [0.15, 0.2) is 0 Å². The quantitative estimate of drug-likeness (QED) is 0.308. The van der Waals surface area contributed by atoms with Crippen LogP contribution < -0.4 is 10.1 Å². The van der Waals surface area contributed by atoms with E-state index in [0.717, 1.165) is 70.1 Å². The first-order chi connectivity index (χ1) is 17.5. The standard InChI is InChI=1S/C28H26Cl2N4O2/c1-36-22-8-9-25-23(16-22)24-18-33(13-2-3-19-4-6-21(29)7-5-19)14-11-26(24)34(25)28(35)32-17-20-10-12-31-27(30)15-20/h2-10,12,15-16H,11,13-14,17-18H2,1H3,(H,32,35). The van der Waals surface area contributed by atoms with Crippen LogP contribution in [-0.2, 0) is 19.5 Å². The van der Waals surface area contributed by atoms with Crippen LogP contribution >= 0.6 is 23.2 Å². The number of nitrogens with one attached hydrogen (secondary N) is 1. The third-order valence-corrected chi connectivity index (χ3v) is 6.87. The normalized spacial score (nSPS) is 13.8. The van der Waals surface area contributed by atoms with Crippen molar-refractivity contribution >= 4 is 46.2 Å². The fourth-order valence-corrected chi connectivity index (χ4v) is 4.95. The molecule has 3 heterocycles. The summed E-state index contributed by atoms with van der Waals surface area (Å²) in [6.45, 7) is 2.80. The molecule has 1 N–H and O–H groups in total. The van der Waals surface area contributed by atoms with Crippen LogP contribution in [0, 0.1) is 0 Å². The van der Waals surface area contributed by atoms with Crippen molar-refractivity contribution in [1.82, 2.24) is 19.8 Å². The van der Waals surface area contributed by atoms with Gasteiger partial charge < -0.3 is 10.1 Å². The number of methoxy groups -OCH3 is 1. The number of nitrogens with zero attached hydrogens (tertiary/aromatic N) is 3. The molecule has 0 atom stereocenters. The molecule has 1 amide bonds. The number of rotatable bonds is 6. The highest BCUT2D eigenvalue weighted by molar-refractivity contribution is 6.30. The molecule has 0 bridgehead atoms. The second-order valence-corrected chi connectivity index (χ2v) is 9.55. The molecule has 2 aromatic heterocycles. The van der Waals surface area contributed by atoms with Crippen LogP contribution in [0.2, 0.25) is 10.2 Å². The maximum Gasteiger partial charge on any atom is 0.326 e. The van der Waals surface area contributed by atoms with Crippen LogP contribution in [0.3, 0.4) is 0 Å². The Morgan fingerprint density at radius 3 is 2.75 bits per heavy atom. The van der Waals surface area contributed by atoms with Gasteiger partial charge in [-0.05, 0) is 59.2 Å². The van der Waals surface area contributed by atoms with E-state index in [9.17, 15) is 4.79 Å². The highest BCUT2D eigenvalue weighted by Gasteiger charge is 2.26. The molecule has 6 nitrogen and oxygen atoms in total. The van der Waals surface area contributed by atoms with Gasteiger partial charge in [0.2, 0.25) is 0 Å². The van der Waals surface area contributed by atoms with Gasteiger partial charge >= 0.3 is 6.03 Å². The summed E-state index contributed by atoms with van der Waals surface area (Å²) in [7, 11) is 1.66. The number of carbonyl (C=O) groups excluding carboxylic acids is 1. The minimum atomic E-state index is -0.157. The topological polar surface area (TPSA) is 59.4 Å². The lowest BCUT2D eigenvalue weighted by Gasteiger charge is -2.27. The smallest absolute Gasteiger partial charge is 0.326 e. The predicted octanol–water partition coefficient (Wildman–Crippen LogP) is 6.18. The van der Waals surface area contributed by atoms with Crippen LogP contribution in [-0.4, -0.2) is 40.7 Å². The zero-order chi connectivity index (χ0) is 25.1. The van der Waals surface area contributed by atoms with E-state index in [1.54, 1.807) is 19.4 Å². The Balaban J connectivity index is 1.38. The van der Waals surface area contributed by atoms with Crippen molar-refractivity contribution in [3.63, 3.8) is 0 Å². The molecule has 5 rings (SSSR count). The number of fused-ring (bicyclic) bond motifs is 3. The molecule has 184 valence electrons. The predicted molar refractivity (Wildman–Crippen MR) is 145 cm³/mol. The van der Waals surface area contributed by atoms with Gasteiger partial charge in [0.25, 0.3) is 0 Å². The van der Waals surface area contributed by atoms with E-state index in [2.05, 4.69) is 27.4 Å². The molecule has 4 aromatic rings. The lowest BCUT2D eigenvalue weighted by Crippen LogP contribution is -2.34. The van der Waals surface area contributed by atoms with Gasteiger partial charge in [-0.15, -0.1) is 0 Å². The van der Waals surface area contributed by atoms with Crippen LogP contribution in [0.15, 0.2) is 66.9 Å². The van der Waals surface area contributed by atoms with Gasteiger partial charge in [-0.2, -0.15) is 0 Å². The molecular weight excluding hydrogens is 495 g/mol. The van der Waals surface area contributed by atoms with Gasteiger partial charge in [0.1, 0.15) is 10.9 Å². The van der Waals surface area contributed by atoms with Crippen molar-refractivity contribution in [2.24, 2.45) is 0 Å². The van der Waals surface area contributed by atoms with E-state index >= 15 is 0 Å². The maximum atomic E-state index is 13.4. The number of carbonyl (C=O) groups is 1. The number of hydrogen-bond acceptors (Lipinski definition) is 4. The first-order valence-electron chi connectivity index (χ1n) is 11.7. The summed E-state index contributed by atoms with van der Waals surface area (Å²) in [5.74, 6) is 0.772. The molecule has 1 aliphatic heterocycles. The Bertz CT molecular complexity index is 1430. The zero-order valence-electron chi connectivity index (χ0n) is 19.9. The number of hydrogen-bond donors (Lipinski definition) is 1. The molecule has 0 radical (unpaired) electrons. The van der Waals surface area contributed by atoms with Crippen molar-refractivity contribution in [2.75, 3.05) is 20.2 Å². The second-order valence-electron chi connectivity index (χ2n) is 8.73. The van der Waals surface area contributed by atoms with E-state index in [1.807, 2.05) is 53.1 Å². The van der Waals surface area contributed by atoms with Crippen molar-refractivity contribution in [2.45, 2.75) is 19.5 Å². The average Bonchev–Trinajstić information content (AvgIpc) is 3.21. The fraction of sp³-hybridized carbons (Fsp3) is 0.214. The highest BCUT2D eigenvalue weighted by Crippen LogP contribution is 2.33. The fourth-order valence-electron chi connectivity index (χ4n) is 4.63. The SMILES string of the molecule is COc1ccc2c(c1)c1c(n2C(=O)NCc2ccnc(Cl)c2)CCN(CC=Cc2ccc(Cl)cc2)C1. The van der Waals surface area contributed by atoms with Gasteiger partial charge in [-0.25, -0.2) is 9.78 Å². The van der Waals surface area contributed by atoms with Crippen molar-refractivity contribution in [3.05, 3.63) is 99.4 Å². The number of aromatic nitrogens is 2. The minimum Gasteiger partial charge on any atom is -0.497 e. The largest absolute Gasteiger partial charge is 0.497 e. The summed E-state index contributed by atoms with van der Waals surface area (Å²) in [6, 6.07) is 17.1. The van der Waals surface area contributed by atoms with Crippen LogP contribution in [0.25, 0.3) is 17.0 Å². The van der Waals surface area contributed by atoms with Crippen molar-refractivity contribution < 1.29 is 9.53 Å². The van der Waals surface area contributed by atoms with Gasteiger partial charge in [-0.1, -0.05) is 47.5 Å². The molecule has 0 aliphatic carbocycles. The van der Waals surface area contributed by atoms with Crippen LogP contribution in [0.4, 0.5) is 4.79 Å². The first-order valence-corrected chi connectivity index (χ1v) is 12.5. The number of amides is 1. The van der Waals surface area contributed by atoms with E-state index in [1.165, 1.54) is 0 Å². The summed E-state index contributed by atoms with van der Waals surface area (Å²) in [5, 5.41) is 5.22. The Morgan fingerprint density at radius 2 is 1.97 bits per heavy atom. The summed E-state index contributed by atoms with van der Waals surface area (Å²) >= 11 is 12.0. The Morgan fingerprint density at radius 1 is 1.14 bits per heavy atom. The highest BCUT2D eigenvalue weighted by atomic mass is 35.5. The zero-order valence-corrected chi connectivity index (χ0v) is 21.4. The van der Waals surface area contributed by atoms with E-state index in [-0.39, 0.29) is 6.03 Å². The number of ether oxygens (including phenoxy) is 1. The molecule has 2 aromatic carbocycles. The van der Waals surface area contributed by atoms with Crippen molar-refractivity contribution in [3.8, 4) is 5.75 Å². The molecule has 0 saturated heterocycles. The molecule has 36 heavy (non-hydrogen) atoms. The van der Waals surface area contributed by atoms with Gasteiger partial charge in [0, 0.05) is 54.9 Å². The molecule has 0 spiro atoms. The molecule has 1 aliphatic rings. The third kappa shape index (κ3) is 5.26. The summed E-state index contributed by atoms with van der Waals surface area (Å²) in [6.07, 6.45) is 6.69. The summed E-state index contributed by atoms with van der Waals surface area (Å²) < 4.78 is 7.30. The Kier molecular flexibility index (Phi) is 7.28. The molecule has 8 heteroatoms. The van der Waals surface area contributed by atoms with Gasteiger partial charge in [-0.3, -0.25) is 9.47 Å². The monoisotopic (exact) mass is 520 g/mol. The lowest BCUT2D eigenvalue weighted by molar-refractivity contribution is 0.240. The third-order valence-electron chi connectivity index (χ3n) is 6.42. The van der Waals surface area contributed by atoms with Gasteiger partial charge in [0.05, 0.1) is 12.6 Å². The Hall–Kier alpha value is -3.32. The average molecular weight is 521 g/mol. The van der Waals surface area contributed by atoms with E-state index in [4.69, 9.17) is 27.9 Å². The second kappa shape index (κ2) is 10.7. The summed E-state index contributed by atoms with van der Waals surface area (Å²) in [5.41, 5.74) is 5.10. The maximum absolute atomic E-state index is 13.4. The lowest BCUT2D eigenvalue weighted by atomic mass is 10.0. The summed E-state index contributed by atoms with van der Waals surface area (Å²) in [4.78, 5) is 19.8. The molecule has 0 unspecified atom stereocenters. The first kappa shape index (κ1) is 24.4. The number of benzene rings is 2. The van der Waals surface area contributed by atoms with E-state index in [0.29, 0.717) is 11.7 Å². The minimum absolute atomic E-state index is 0.157. The Labute approximate surface area is 220 Å². The number of pyridine rings is 1. The molecular formula is C28H26Cl2N4O2. The number of halogens is 2. The van der Waals surface area contributed by atoms with E-state index < -0.39 is 0 Å². The molecule has 0 fully saturated rings. The molecule has 0 saturated carbocycles.